The molecule has 0 saturated heterocycles. The zero-order valence-electron chi connectivity index (χ0n) is 14.8. The summed E-state index contributed by atoms with van der Waals surface area (Å²) >= 11 is 0. The zero-order chi connectivity index (χ0) is 18.1. The summed E-state index contributed by atoms with van der Waals surface area (Å²) in [6.45, 7) is 2.22. The van der Waals surface area contributed by atoms with Crippen LogP contribution in [-0.2, 0) is 6.42 Å². The summed E-state index contributed by atoms with van der Waals surface area (Å²) in [4.78, 5) is 12.2. The predicted molar refractivity (Wildman–Crippen MR) is 101 cm³/mol. The molecule has 0 radical (unpaired) electrons. The van der Waals surface area contributed by atoms with Crippen molar-refractivity contribution in [2.75, 3.05) is 5.32 Å². The van der Waals surface area contributed by atoms with Gasteiger partial charge in [-0.1, -0.05) is 57.2 Å². The molecule has 4 nitrogen and oxygen atoms in total. The van der Waals surface area contributed by atoms with Crippen molar-refractivity contribution >= 4 is 11.6 Å². The second kappa shape index (κ2) is 9.72. The van der Waals surface area contributed by atoms with Gasteiger partial charge in [0.1, 0.15) is 17.1 Å². The van der Waals surface area contributed by atoms with Crippen molar-refractivity contribution in [3.05, 3.63) is 53.6 Å². The van der Waals surface area contributed by atoms with Crippen LogP contribution in [0.4, 0.5) is 5.69 Å². The molecule has 0 saturated carbocycles. The number of unbranched alkanes of at least 4 members (excludes halogenated alkanes) is 5. The summed E-state index contributed by atoms with van der Waals surface area (Å²) in [6, 6.07) is 11.9. The Morgan fingerprint density at radius 2 is 1.48 bits per heavy atom. The van der Waals surface area contributed by atoms with Crippen LogP contribution in [0.3, 0.4) is 0 Å². The molecule has 2 rings (SSSR count). The molecule has 2 aromatic rings. The number of carbonyl (C=O) groups is 1. The fourth-order valence-corrected chi connectivity index (χ4v) is 2.82. The Balaban J connectivity index is 1.85. The van der Waals surface area contributed by atoms with Crippen molar-refractivity contribution in [3.63, 3.8) is 0 Å². The molecule has 4 heteroatoms. The second-order valence-electron chi connectivity index (χ2n) is 6.34. The molecule has 0 aromatic heterocycles. The van der Waals surface area contributed by atoms with Gasteiger partial charge in [0.05, 0.1) is 0 Å². The van der Waals surface area contributed by atoms with E-state index in [4.69, 9.17) is 0 Å². The first kappa shape index (κ1) is 18.8. The summed E-state index contributed by atoms with van der Waals surface area (Å²) in [5.41, 5.74) is 1.77. The molecule has 2 aromatic carbocycles. The van der Waals surface area contributed by atoms with Crippen molar-refractivity contribution < 1.29 is 15.0 Å². The Labute approximate surface area is 149 Å². The Hall–Kier alpha value is -2.49. The van der Waals surface area contributed by atoms with Crippen LogP contribution >= 0.6 is 0 Å². The Kier molecular flexibility index (Phi) is 7.33. The van der Waals surface area contributed by atoms with Crippen LogP contribution in [0.1, 0.15) is 61.4 Å². The molecule has 25 heavy (non-hydrogen) atoms. The minimum absolute atomic E-state index is 0.112. The Morgan fingerprint density at radius 3 is 2.12 bits per heavy atom. The highest BCUT2D eigenvalue weighted by molar-refractivity contribution is 6.08. The number of carbonyl (C=O) groups excluding carboxylic acids is 1. The quantitative estimate of drug-likeness (QED) is 0.545. The molecule has 0 bridgehead atoms. The minimum Gasteiger partial charge on any atom is -0.507 e. The van der Waals surface area contributed by atoms with E-state index in [1.807, 2.05) is 24.3 Å². The minimum atomic E-state index is -0.528. The van der Waals surface area contributed by atoms with Gasteiger partial charge in [-0.3, -0.25) is 4.79 Å². The van der Waals surface area contributed by atoms with Crippen molar-refractivity contribution in [3.8, 4) is 11.5 Å². The number of phenolic OH excluding ortho intramolecular Hbond substituents is 2. The summed E-state index contributed by atoms with van der Waals surface area (Å²) < 4.78 is 0. The molecule has 0 aliphatic carbocycles. The first-order valence-electron chi connectivity index (χ1n) is 9.03. The van der Waals surface area contributed by atoms with Crippen LogP contribution in [0.15, 0.2) is 42.5 Å². The van der Waals surface area contributed by atoms with Crippen molar-refractivity contribution in [2.24, 2.45) is 0 Å². The molecule has 0 spiro atoms. The molecular weight excluding hydrogens is 314 g/mol. The second-order valence-corrected chi connectivity index (χ2v) is 6.34. The van der Waals surface area contributed by atoms with Gasteiger partial charge in [0.2, 0.25) is 0 Å². The third-order valence-electron chi connectivity index (χ3n) is 4.28. The molecule has 1 amide bonds. The average Bonchev–Trinajstić information content (AvgIpc) is 2.59. The van der Waals surface area contributed by atoms with E-state index in [9.17, 15) is 15.0 Å². The Bertz CT molecular complexity index is 660. The van der Waals surface area contributed by atoms with E-state index in [1.54, 1.807) is 0 Å². The number of aromatic hydroxyl groups is 2. The van der Waals surface area contributed by atoms with Crippen molar-refractivity contribution in [1.82, 2.24) is 0 Å². The summed E-state index contributed by atoms with van der Waals surface area (Å²) in [7, 11) is 0. The number of benzene rings is 2. The summed E-state index contributed by atoms with van der Waals surface area (Å²) in [6.07, 6.45) is 8.69. The number of aryl methyl sites for hydroxylation is 1. The molecule has 0 fully saturated rings. The lowest BCUT2D eigenvalue weighted by Gasteiger charge is -2.09. The highest BCUT2D eigenvalue weighted by Gasteiger charge is 2.15. The van der Waals surface area contributed by atoms with Gasteiger partial charge in [0.25, 0.3) is 5.91 Å². The van der Waals surface area contributed by atoms with E-state index in [-0.39, 0.29) is 17.1 Å². The predicted octanol–water partition coefficient (Wildman–Crippen LogP) is 5.25. The molecule has 0 heterocycles. The third kappa shape index (κ3) is 5.82. The van der Waals surface area contributed by atoms with E-state index >= 15 is 0 Å². The maximum atomic E-state index is 12.2. The number of anilines is 1. The first-order chi connectivity index (χ1) is 12.1. The van der Waals surface area contributed by atoms with E-state index in [0.29, 0.717) is 5.69 Å². The monoisotopic (exact) mass is 341 g/mol. The lowest BCUT2D eigenvalue weighted by atomic mass is 10.0. The maximum Gasteiger partial charge on any atom is 0.263 e. The van der Waals surface area contributed by atoms with Crippen LogP contribution in [0.2, 0.25) is 0 Å². The fourth-order valence-electron chi connectivity index (χ4n) is 2.82. The molecular formula is C21H27NO3. The molecule has 3 N–H and O–H groups in total. The van der Waals surface area contributed by atoms with Crippen LogP contribution in [0.5, 0.6) is 11.5 Å². The van der Waals surface area contributed by atoms with Crippen LogP contribution in [0.25, 0.3) is 0 Å². The van der Waals surface area contributed by atoms with Crippen LogP contribution in [0, 0.1) is 0 Å². The van der Waals surface area contributed by atoms with Gasteiger partial charge in [-0.25, -0.2) is 0 Å². The van der Waals surface area contributed by atoms with Crippen molar-refractivity contribution in [2.45, 2.75) is 51.9 Å². The van der Waals surface area contributed by atoms with Crippen LogP contribution in [-0.4, -0.2) is 16.1 Å². The van der Waals surface area contributed by atoms with Gasteiger partial charge in [-0.15, -0.1) is 0 Å². The zero-order valence-corrected chi connectivity index (χ0v) is 14.8. The molecule has 0 aliphatic rings. The number of phenols is 2. The van der Waals surface area contributed by atoms with E-state index in [1.165, 1.54) is 62.3 Å². The number of hydrogen-bond donors (Lipinski definition) is 3. The van der Waals surface area contributed by atoms with Gasteiger partial charge < -0.3 is 15.5 Å². The van der Waals surface area contributed by atoms with E-state index in [2.05, 4.69) is 12.2 Å². The molecule has 0 unspecified atom stereocenters. The third-order valence-corrected chi connectivity index (χ3v) is 4.28. The summed E-state index contributed by atoms with van der Waals surface area (Å²) in [5, 5.41) is 22.2. The van der Waals surface area contributed by atoms with Gasteiger partial charge in [-0.05, 0) is 42.7 Å². The lowest BCUT2D eigenvalue weighted by Crippen LogP contribution is -2.12. The molecule has 134 valence electrons. The number of hydrogen-bond acceptors (Lipinski definition) is 3. The number of rotatable bonds is 9. The van der Waals surface area contributed by atoms with Gasteiger partial charge >= 0.3 is 0 Å². The van der Waals surface area contributed by atoms with Crippen LogP contribution < -0.4 is 5.32 Å². The normalized spacial score (nSPS) is 10.6. The SMILES string of the molecule is CCCCCCCCc1ccc(NC(=O)c2c(O)cccc2O)cc1. The van der Waals surface area contributed by atoms with Gasteiger partial charge in [0.15, 0.2) is 0 Å². The first-order valence-corrected chi connectivity index (χ1v) is 9.03. The largest absolute Gasteiger partial charge is 0.507 e. The average molecular weight is 341 g/mol. The Morgan fingerprint density at radius 1 is 0.880 bits per heavy atom. The van der Waals surface area contributed by atoms with Crippen molar-refractivity contribution in [1.29, 1.82) is 0 Å². The highest BCUT2D eigenvalue weighted by atomic mass is 16.3. The number of nitrogens with one attached hydrogen (secondary N) is 1. The van der Waals surface area contributed by atoms with Gasteiger partial charge in [-0.2, -0.15) is 0 Å². The van der Waals surface area contributed by atoms with Gasteiger partial charge in [0, 0.05) is 5.69 Å². The molecule has 0 aliphatic heterocycles. The fraction of sp³-hybridized carbons (Fsp3) is 0.381. The standard InChI is InChI=1S/C21H27NO3/c1-2-3-4-5-6-7-9-16-12-14-17(15-13-16)22-21(25)20-18(23)10-8-11-19(20)24/h8,10-15,23-24H,2-7,9H2,1H3,(H,22,25). The highest BCUT2D eigenvalue weighted by Crippen LogP contribution is 2.27. The maximum absolute atomic E-state index is 12.2. The van der Waals surface area contributed by atoms with E-state index in [0.717, 1.165) is 6.42 Å². The summed E-state index contributed by atoms with van der Waals surface area (Å²) in [5.74, 6) is -1.01. The van der Waals surface area contributed by atoms with E-state index < -0.39 is 5.91 Å². The smallest absolute Gasteiger partial charge is 0.263 e. The molecule has 0 atom stereocenters. The topological polar surface area (TPSA) is 69.6 Å². The lowest BCUT2D eigenvalue weighted by molar-refractivity contribution is 0.102. The number of amides is 1.